The van der Waals surface area contributed by atoms with E-state index in [0.717, 1.165) is 68.3 Å². The number of aliphatic hydroxyl groups excluding tert-OH is 2. The summed E-state index contributed by atoms with van der Waals surface area (Å²) in [4.78, 5) is 27.8. The monoisotopic (exact) mass is 2010 g/mol. The number of nitriles is 1. The van der Waals surface area contributed by atoms with E-state index < -0.39 is 53.1 Å². The number of carboxylic acids is 1. The molecule has 0 bridgehead atoms. The first kappa shape index (κ1) is 115. The van der Waals surface area contributed by atoms with Crippen molar-refractivity contribution in [2.24, 2.45) is 11.7 Å². The quantitative estimate of drug-likeness (QED) is 0.0127. The molecule has 32 heteroatoms. The number of carbonyl (C=O) groups excluding carboxylic acids is 1. The molecule has 8 N–H and O–H groups in total. The third kappa shape index (κ3) is 38.2. The van der Waals surface area contributed by atoms with Gasteiger partial charge in [-0.1, -0.05) is 247 Å². The van der Waals surface area contributed by atoms with Crippen molar-refractivity contribution in [2.75, 3.05) is 28.9 Å². The van der Waals surface area contributed by atoms with Crippen LogP contribution in [0.25, 0.3) is 16.2 Å². The van der Waals surface area contributed by atoms with Gasteiger partial charge < -0.3 is 72.4 Å². The van der Waals surface area contributed by atoms with Crippen LogP contribution in [-0.2, 0) is 44.9 Å². The van der Waals surface area contributed by atoms with Gasteiger partial charge >= 0.3 is 29.0 Å². The predicted molar refractivity (Wildman–Crippen MR) is 555 cm³/mol. The van der Waals surface area contributed by atoms with Gasteiger partial charge in [-0.15, -0.1) is 0 Å². The summed E-state index contributed by atoms with van der Waals surface area (Å²) in [6, 6.07) is 102. The first-order valence-electron chi connectivity index (χ1n) is 42.1. The number of aromatic nitrogens is 4. The number of carbonyl (C=O) groups is 2. The van der Waals surface area contributed by atoms with E-state index in [9.17, 15) is 19.8 Å². The van der Waals surface area contributed by atoms with Gasteiger partial charge in [-0.3, -0.25) is 4.79 Å². The van der Waals surface area contributed by atoms with E-state index in [4.69, 9.17) is 60.5 Å². The van der Waals surface area contributed by atoms with Crippen LogP contribution in [0, 0.1) is 57.6 Å². The molecule has 136 heavy (non-hydrogen) atoms. The van der Waals surface area contributed by atoms with Gasteiger partial charge in [-0.25, -0.2) is 27.4 Å². The number of para-hydroxylation sites is 1. The van der Waals surface area contributed by atoms with Gasteiger partial charge in [0.1, 0.15) is 72.3 Å². The summed E-state index contributed by atoms with van der Waals surface area (Å²) in [5, 5.41) is 51.3. The minimum Gasteiger partial charge on any atom is -1.00 e. The molecule has 1 fully saturated rings. The number of carboxylic acid groups (broad SMARTS) is 1. The second kappa shape index (κ2) is 58.8. The Balaban J connectivity index is 0.000000299. The van der Waals surface area contributed by atoms with Crippen molar-refractivity contribution in [3.8, 4) is 46.2 Å². The van der Waals surface area contributed by atoms with Crippen molar-refractivity contribution in [2.45, 2.75) is 126 Å². The first-order valence-corrected chi connectivity index (χ1v) is 54.6. The Hall–Kier alpha value is -11.6. The summed E-state index contributed by atoms with van der Waals surface area (Å²) in [6.45, 7) is 32.0. The van der Waals surface area contributed by atoms with Crippen molar-refractivity contribution in [3.05, 3.63) is 411 Å². The number of aryl methyl sites for hydroxylation is 2. The molecule has 1 saturated carbocycles. The fourth-order valence-electron chi connectivity index (χ4n) is 13.9. The maximum atomic E-state index is 13.3. The number of nitrogen functional groups attached to an aromatic ring is 1. The zero-order chi connectivity index (χ0) is 96.6. The zero-order valence-corrected chi connectivity index (χ0v) is 85.7. The Labute approximate surface area is 845 Å². The Morgan fingerprint density at radius 2 is 0.971 bits per heavy atom. The number of nitrogens with two attached hydrogens (primary N) is 2. The van der Waals surface area contributed by atoms with Crippen LogP contribution < -0.4 is 57.1 Å². The molecule has 2 heterocycles. The zero-order valence-electron chi connectivity index (χ0n) is 76.8. The maximum Gasteiger partial charge on any atom is 2.00 e. The second-order valence-electron chi connectivity index (χ2n) is 32.1. The molecule has 708 valence electrons. The maximum absolute atomic E-state index is 13.3. The van der Waals surface area contributed by atoms with E-state index in [1.807, 2.05) is 233 Å². The molecule has 1 aliphatic carbocycles. The van der Waals surface area contributed by atoms with Gasteiger partial charge in [0.05, 0.1) is 48.1 Å². The van der Waals surface area contributed by atoms with Crippen LogP contribution >= 0.6 is 42.7 Å². The van der Waals surface area contributed by atoms with Crippen LogP contribution in [0.3, 0.4) is 0 Å². The molecule has 2 aromatic heterocycles. The first-order chi connectivity index (χ1) is 63.7. The van der Waals surface area contributed by atoms with Crippen LogP contribution in [0.5, 0.6) is 28.7 Å². The number of aliphatic hydroxyl groups is 2. The summed E-state index contributed by atoms with van der Waals surface area (Å²) >= 11 is 0. The van der Waals surface area contributed by atoms with Gasteiger partial charge in [0, 0.05) is 54.1 Å². The van der Waals surface area contributed by atoms with Crippen molar-refractivity contribution < 1.29 is 69.4 Å². The topological polar surface area (TPSA) is 306 Å². The number of aromatic carboxylic acids is 1. The molecule has 0 saturated heterocycles. The number of hydrogen-bond donors (Lipinski definition) is 6. The Morgan fingerprint density at radius 1 is 0.559 bits per heavy atom. The molecule has 2 atom stereocenters. The van der Waals surface area contributed by atoms with Gasteiger partial charge in [0.25, 0.3) is 5.91 Å². The molecular formula is C104H113Cl5MgN10O12S2Si2. The molecule has 0 spiro atoms. The standard InChI is InChI=1S/C33H28N4O3.C21H21NO2.C21H20O3.C12H9N3O2.C12H22NSi2.C4H9N.CH4.2Cl2OS.ClH.Mg/c1-22-18-30(37(36-22)28-15-8-13-26(20-28)34-3)33(39)35-27-14-7-12-25(19-27)32(38)29-16-9-17-31(23(29)2)40-21-24-10-5-4-6-11-24;1-15-19(21(23)17-9-5-10-18(22)13-17)11-6-12-20(15)24-14-16-7-3-2-4-8-16;1-22-19-13-8-14-20(23-15-17-9-4-2-5-10-17)21(19)24-16-18-11-6-3-7-12-18;1-8-5-11(12(16)17)15(14-8)10-4-2-3-9(6-10)7-13;1-14(2,3)13(15(4,5)6)12-10-8-7-9-11-12;5-3-4-1-2-4;;2*1-4(2)3;;/h4-20,32,38H,21H2,1-2H3,(H,35,39);2-13,21,23H,14,22H2,1H3;2-14H,15-16H2,1H3;2-6H,1H3,(H,16,17);7-8,10-11H,1-6H3;4H,1-3,5H2;1H4;;;1H;/q;;;;-1;;;;;;+2/p-1. The summed E-state index contributed by atoms with van der Waals surface area (Å²) in [6.07, 6.45) is 1.13. The molecule has 2 unspecified atom stereocenters. The number of rotatable bonds is 26. The van der Waals surface area contributed by atoms with Crippen molar-refractivity contribution >= 4 is 135 Å². The third-order valence-corrected chi connectivity index (χ3v) is 27.1. The molecular weight excluding hydrogens is 1900 g/mol. The number of halogens is 5. The molecule has 22 nitrogen and oxygen atoms in total. The summed E-state index contributed by atoms with van der Waals surface area (Å²) < 4.78 is 53.1. The minimum atomic E-state index is -1.67. The van der Waals surface area contributed by atoms with Crippen LogP contribution in [0.15, 0.2) is 309 Å². The fraction of sp³-hybridized carbons (Fsp3) is 0.212. The van der Waals surface area contributed by atoms with Gasteiger partial charge in [0.2, 0.25) is 24.2 Å². The molecule has 1 amide bonds. The molecule has 14 aromatic rings. The smallest absolute Gasteiger partial charge is 1.00 e. The molecule has 0 radical (unpaired) electrons. The van der Waals surface area contributed by atoms with E-state index in [1.165, 1.54) is 34.0 Å². The number of anilines is 3. The summed E-state index contributed by atoms with van der Waals surface area (Å²) in [7, 11) is 13.8. The van der Waals surface area contributed by atoms with Crippen molar-refractivity contribution in [1.29, 1.82) is 5.26 Å². The fourth-order valence-corrected chi connectivity index (χ4v) is 23.7. The Kier molecular flexibility index (Phi) is 49.6. The van der Waals surface area contributed by atoms with Crippen molar-refractivity contribution in [1.82, 2.24) is 19.6 Å². The van der Waals surface area contributed by atoms with E-state index in [-0.39, 0.29) is 54.5 Å². The number of methoxy groups -OCH3 is 1. The Morgan fingerprint density at radius 3 is 1.40 bits per heavy atom. The second-order valence-corrected chi connectivity index (χ2v) is 47.2. The molecule has 15 rings (SSSR count). The van der Waals surface area contributed by atoms with Crippen LogP contribution in [0.1, 0.15) is 126 Å². The normalized spacial score (nSPS) is 11.3. The summed E-state index contributed by atoms with van der Waals surface area (Å²) in [5.74, 6) is 2.96. The SMILES string of the molecule is C.COc1cccc(OCc2ccccc2)c1OCc1ccccc1.C[Si](C)(C)N(c1c[c-]ccc1)[Si](C)(C)C.Cc1c(OCc2ccccc2)cccc1C(O)c1cccc(N)c1.Cc1cc(C(=O)O)n(-c2cccc(C#N)c2)n1.NCC1CC1.O=S(Cl)Cl.O=S(Cl)Cl.[C-]#[N+]c1cccc(-n2nc(C)cc2C(=O)Nc2cccc(C(O)c3cccc(OCc4ccccc4)c3C)c2)c1.[Cl-].[Mg+2]. The number of benzene rings is 12. The van der Waals surface area contributed by atoms with E-state index in [0.29, 0.717) is 106 Å². The molecule has 12 aromatic carbocycles. The number of nitrogens with one attached hydrogen (secondary N) is 1. The predicted octanol–water partition coefficient (Wildman–Crippen LogP) is 21.5. The van der Waals surface area contributed by atoms with Crippen LogP contribution in [-0.4, -0.2) is 108 Å². The number of hydrogen-bond acceptors (Lipinski definition) is 17. The number of amides is 1. The number of nitrogens with zero attached hydrogens (tertiary/aromatic N) is 7. The van der Waals surface area contributed by atoms with E-state index in [1.54, 1.807) is 92.9 Å². The average Bonchev–Trinajstić information content (AvgIpc) is 1.17. The van der Waals surface area contributed by atoms with E-state index in [2.05, 4.69) is 131 Å². The van der Waals surface area contributed by atoms with Crippen LogP contribution in [0.4, 0.5) is 22.7 Å². The van der Waals surface area contributed by atoms with Crippen LogP contribution in [0.2, 0.25) is 39.3 Å². The van der Waals surface area contributed by atoms with Gasteiger partial charge in [-0.05, 0) is 200 Å². The largest absolute Gasteiger partial charge is 2.00 e. The molecule has 0 aliphatic heterocycles. The average molecular weight is 2020 g/mol. The number of ether oxygens (including phenoxy) is 5. The van der Waals surface area contributed by atoms with Crippen molar-refractivity contribution in [3.63, 3.8) is 0 Å². The minimum absolute atomic E-state index is 0. The third-order valence-electron chi connectivity index (χ3n) is 19.9. The van der Waals surface area contributed by atoms with Gasteiger partial charge in [0.15, 0.2) is 22.9 Å². The Bertz CT molecular complexity index is 6150. The summed E-state index contributed by atoms with van der Waals surface area (Å²) in [5.41, 5.74) is 26.5. The van der Waals surface area contributed by atoms with E-state index >= 15 is 0 Å². The molecule has 1 aliphatic rings. The van der Waals surface area contributed by atoms with Gasteiger partial charge in [-0.2, -0.15) is 45.8 Å².